The van der Waals surface area contributed by atoms with Crippen molar-refractivity contribution < 1.29 is 18.0 Å². The highest BCUT2D eigenvalue weighted by molar-refractivity contribution is 9.10. The van der Waals surface area contributed by atoms with Gasteiger partial charge in [0.15, 0.2) is 5.69 Å². The largest absolute Gasteiger partial charge is 0.436 e. The quantitative estimate of drug-likeness (QED) is 0.692. The van der Waals surface area contributed by atoms with Crippen molar-refractivity contribution in [1.82, 2.24) is 19.6 Å². The van der Waals surface area contributed by atoms with Crippen molar-refractivity contribution in [1.29, 1.82) is 0 Å². The monoisotopic (exact) mass is 464 g/mol. The lowest BCUT2D eigenvalue weighted by atomic mass is 10.2. The molecule has 3 rings (SSSR count). The molecule has 10 heteroatoms. The van der Waals surface area contributed by atoms with Gasteiger partial charge in [-0.1, -0.05) is 29.8 Å². The van der Waals surface area contributed by atoms with Gasteiger partial charge >= 0.3 is 6.18 Å². The fraction of sp³-hybridized carbons (Fsp3) is 0.412. The Hall–Kier alpha value is -1.58. The van der Waals surface area contributed by atoms with Crippen molar-refractivity contribution in [2.75, 3.05) is 26.2 Å². The number of rotatable bonds is 3. The van der Waals surface area contributed by atoms with E-state index in [2.05, 4.69) is 25.9 Å². The second-order valence-corrected chi connectivity index (χ2v) is 7.49. The van der Waals surface area contributed by atoms with Crippen LogP contribution in [0.2, 0.25) is 5.02 Å². The van der Waals surface area contributed by atoms with Gasteiger partial charge in [-0.2, -0.15) is 18.3 Å². The zero-order valence-corrected chi connectivity index (χ0v) is 16.8. The molecule has 0 atom stereocenters. The minimum atomic E-state index is -4.62. The molecule has 1 saturated heterocycles. The summed E-state index contributed by atoms with van der Waals surface area (Å²) < 4.78 is 39.6. The fourth-order valence-electron chi connectivity index (χ4n) is 3.04. The van der Waals surface area contributed by atoms with Crippen LogP contribution >= 0.6 is 27.5 Å². The third kappa shape index (κ3) is 4.30. The SMILES string of the molecule is Cn1nc(C(F)(F)F)c(Br)c1C(=O)N1CCN(Cc2ccccc2Cl)CC1. The molecule has 0 N–H and O–H groups in total. The predicted molar refractivity (Wildman–Crippen MR) is 98.5 cm³/mol. The van der Waals surface area contributed by atoms with Gasteiger partial charge in [0.05, 0.1) is 4.47 Å². The Morgan fingerprint density at radius 3 is 2.41 bits per heavy atom. The molecule has 2 aromatic rings. The summed E-state index contributed by atoms with van der Waals surface area (Å²) in [4.78, 5) is 16.4. The average Bonchev–Trinajstić information content (AvgIpc) is 2.92. The molecule has 27 heavy (non-hydrogen) atoms. The van der Waals surface area contributed by atoms with E-state index in [0.717, 1.165) is 10.2 Å². The van der Waals surface area contributed by atoms with E-state index in [-0.39, 0.29) is 10.2 Å². The van der Waals surface area contributed by atoms with Gasteiger partial charge in [0.1, 0.15) is 5.69 Å². The summed E-state index contributed by atoms with van der Waals surface area (Å²) in [5.74, 6) is -0.468. The number of benzene rings is 1. The molecule has 0 radical (unpaired) electrons. The van der Waals surface area contributed by atoms with Gasteiger partial charge in [-0.05, 0) is 27.6 Å². The van der Waals surface area contributed by atoms with Crippen molar-refractivity contribution >= 4 is 33.4 Å². The summed E-state index contributed by atoms with van der Waals surface area (Å²) in [5.41, 5.74) is -0.185. The van der Waals surface area contributed by atoms with Gasteiger partial charge in [-0.3, -0.25) is 14.4 Å². The van der Waals surface area contributed by atoms with Crippen LogP contribution in [0, 0.1) is 0 Å². The second kappa shape index (κ2) is 7.81. The number of amides is 1. The van der Waals surface area contributed by atoms with Crippen LogP contribution in [0.3, 0.4) is 0 Å². The molecule has 146 valence electrons. The first-order chi connectivity index (χ1) is 12.7. The van der Waals surface area contributed by atoms with Crippen LogP contribution in [-0.4, -0.2) is 51.7 Å². The Balaban J connectivity index is 1.67. The summed E-state index contributed by atoms with van der Waals surface area (Å²) >= 11 is 9.07. The van der Waals surface area contributed by atoms with E-state index in [1.54, 1.807) is 4.90 Å². The van der Waals surface area contributed by atoms with Crippen molar-refractivity contribution in [2.45, 2.75) is 12.7 Å². The highest BCUT2D eigenvalue weighted by atomic mass is 79.9. The van der Waals surface area contributed by atoms with Crippen molar-refractivity contribution in [3.05, 3.63) is 50.7 Å². The molecular weight excluding hydrogens is 449 g/mol. The molecule has 1 aromatic carbocycles. The van der Waals surface area contributed by atoms with Crippen molar-refractivity contribution in [3.63, 3.8) is 0 Å². The number of nitrogens with zero attached hydrogens (tertiary/aromatic N) is 4. The summed E-state index contributed by atoms with van der Waals surface area (Å²) in [7, 11) is 1.33. The van der Waals surface area contributed by atoms with Crippen LogP contribution in [0.25, 0.3) is 0 Å². The number of carbonyl (C=O) groups is 1. The maximum Gasteiger partial charge on any atom is 0.436 e. The zero-order valence-electron chi connectivity index (χ0n) is 14.4. The van der Waals surface area contributed by atoms with Gasteiger partial charge in [0, 0.05) is 44.8 Å². The summed E-state index contributed by atoms with van der Waals surface area (Å²) in [6.45, 7) is 2.72. The molecule has 1 aromatic heterocycles. The molecule has 1 fully saturated rings. The fourth-order valence-corrected chi connectivity index (χ4v) is 3.96. The minimum Gasteiger partial charge on any atom is -0.335 e. The number of alkyl halides is 3. The number of piperazine rings is 1. The van der Waals surface area contributed by atoms with Crippen LogP contribution in [0.1, 0.15) is 21.7 Å². The van der Waals surface area contributed by atoms with E-state index in [1.807, 2.05) is 24.3 Å². The van der Waals surface area contributed by atoms with Crippen LogP contribution in [0.4, 0.5) is 13.2 Å². The molecule has 0 saturated carbocycles. The first-order valence-electron chi connectivity index (χ1n) is 8.23. The van der Waals surface area contributed by atoms with Crippen LogP contribution < -0.4 is 0 Å². The third-order valence-electron chi connectivity index (χ3n) is 4.47. The topological polar surface area (TPSA) is 41.4 Å². The van der Waals surface area contributed by atoms with E-state index in [1.165, 1.54) is 7.05 Å². The first-order valence-corrected chi connectivity index (χ1v) is 9.40. The number of hydrogen-bond acceptors (Lipinski definition) is 3. The van der Waals surface area contributed by atoms with Gasteiger partial charge < -0.3 is 4.90 Å². The molecule has 1 aliphatic heterocycles. The maximum atomic E-state index is 13.0. The van der Waals surface area contributed by atoms with E-state index < -0.39 is 17.8 Å². The highest BCUT2D eigenvalue weighted by Gasteiger charge is 2.40. The molecule has 5 nitrogen and oxygen atoms in total. The molecule has 0 spiro atoms. The summed E-state index contributed by atoms with van der Waals surface area (Å²) in [5, 5.41) is 4.14. The molecule has 1 amide bonds. The lowest BCUT2D eigenvalue weighted by Crippen LogP contribution is -2.48. The summed E-state index contributed by atoms with van der Waals surface area (Å²) in [6, 6.07) is 7.56. The van der Waals surface area contributed by atoms with Crippen LogP contribution in [-0.2, 0) is 19.8 Å². The van der Waals surface area contributed by atoms with Crippen LogP contribution in [0.5, 0.6) is 0 Å². The number of halogens is 5. The Kier molecular flexibility index (Phi) is 5.83. The normalized spacial score (nSPS) is 16.0. The van der Waals surface area contributed by atoms with Gasteiger partial charge in [0.25, 0.3) is 5.91 Å². The van der Waals surface area contributed by atoms with Gasteiger partial charge in [0.2, 0.25) is 0 Å². The molecule has 0 unspecified atom stereocenters. The number of aromatic nitrogens is 2. The number of hydrogen-bond donors (Lipinski definition) is 0. The minimum absolute atomic E-state index is 0.0955. The zero-order chi connectivity index (χ0) is 19.8. The Morgan fingerprint density at radius 1 is 1.22 bits per heavy atom. The molecule has 1 aliphatic rings. The number of carbonyl (C=O) groups excluding carboxylic acids is 1. The van der Waals surface area contributed by atoms with Gasteiger partial charge in [-0.15, -0.1) is 0 Å². The van der Waals surface area contributed by atoms with E-state index in [9.17, 15) is 18.0 Å². The van der Waals surface area contributed by atoms with E-state index in [4.69, 9.17) is 11.6 Å². The molecule has 2 heterocycles. The second-order valence-electron chi connectivity index (χ2n) is 6.29. The standard InChI is InChI=1S/C17H17BrClF3N4O/c1-24-14(13(18)15(23-24)17(20,21)22)16(27)26-8-6-25(7-9-26)10-11-4-2-3-5-12(11)19/h2-5H,6-10H2,1H3. The summed E-state index contributed by atoms with van der Waals surface area (Å²) in [6.07, 6.45) is -4.62. The van der Waals surface area contributed by atoms with Crippen LogP contribution in [0.15, 0.2) is 28.7 Å². The molecule has 0 bridgehead atoms. The van der Waals surface area contributed by atoms with Crippen molar-refractivity contribution in [3.8, 4) is 0 Å². The number of aryl methyl sites for hydroxylation is 1. The van der Waals surface area contributed by atoms with E-state index >= 15 is 0 Å². The highest BCUT2D eigenvalue weighted by Crippen LogP contribution is 2.36. The Morgan fingerprint density at radius 2 is 1.85 bits per heavy atom. The predicted octanol–water partition coefficient (Wildman–Crippen LogP) is 3.81. The smallest absolute Gasteiger partial charge is 0.335 e. The lowest BCUT2D eigenvalue weighted by Gasteiger charge is -2.34. The molecule has 0 aliphatic carbocycles. The van der Waals surface area contributed by atoms with E-state index in [0.29, 0.717) is 37.7 Å². The lowest BCUT2D eigenvalue weighted by molar-refractivity contribution is -0.142. The maximum absolute atomic E-state index is 13.0. The Bertz CT molecular complexity index is 847. The molecular formula is C17H17BrClF3N4O. The van der Waals surface area contributed by atoms with Gasteiger partial charge in [-0.25, -0.2) is 0 Å². The average molecular weight is 466 g/mol. The third-order valence-corrected chi connectivity index (χ3v) is 5.59. The first kappa shape index (κ1) is 20.2. The van der Waals surface area contributed by atoms with Crippen molar-refractivity contribution in [2.24, 2.45) is 7.05 Å². The Labute approximate surface area is 167 Å².